The third-order valence-corrected chi connectivity index (χ3v) is 4.40. The maximum absolute atomic E-state index is 12.1. The lowest BCUT2D eigenvalue weighted by atomic mass is 10.2. The normalized spacial score (nSPS) is 16.1. The maximum atomic E-state index is 12.1. The number of hydrogen-bond donors (Lipinski definition) is 3. The molecule has 0 spiro atoms. The lowest BCUT2D eigenvalue weighted by Gasteiger charge is -2.11. The third kappa shape index (κ3) is 6.20. The van der Waals surface area contributed by atoms with E-state index in [1.807, 2.05) is 30.3 Å². The summed E-state index contributed by atoms with van der Waals surface area (Å²) >= 11 is 0. The van der Waals surface area contributed by atoms with Crippen LogP contribution in [0, 0.1) is 0 Å². The van der Waals surface area contributed by atoms with Crippen molar-refractivity contribution in [2.75, 3.05) is 25.0 Å². The average Bonchev–Trinajstić information content (AvgIpc) is 3.21. The second kappa shape index (κ2) is 9.85. The van der Waals surface area contributed by atoms with Crippen LogP contribution in [-0.4, -0.2) is 37.6 Å². The van der Waals surface area contributed by atoms with E-state index in [9.17, 15) is 9.59 Å². The summed E-state index contributed by atoms with van der Waals surface area (Å²) in [5.74, 6) is -0.255. The minimum absolute atomic E-state index is 0.121. The fraction of sp³-hybridized carbons (Fsp3) is 0.333. The number of ether oxygens (including phenoxy) is 1. The maximum Gasteiger partial charge on any atom is 0.251 e. The molecule has 0 aromatic heterocycles. The molecule has 142 valence electrons. The number of amides is 2. The minimum Gasteiger partial charge on any atom is -0.376 e. The first-order valence-corrected chi connectivity index (χ1v) is 9.25. The predicted molar refractivity (Wildman–Crippen MR) is 105 cm³/mol. The van der Waals surface area contributed by atoms with Gasteiger partial charge in [-0.05, 0) is 42.7 Å². The topological polar surface area (TPSA) is 79.5 Å². The zero-order chi connectivity index (χ0) is 18.9. The molecule has 1 unspecified atom stereocenters. The van der Waals surface area contributed by atoms with Crippen LogP contribution in [0.4, 0.5) is 5.69 Å². The summed E-state index contributed by atoms with van der Waals surface area (Å²) in [6.45, 7) is 2.16. The van der Waals surface area contributed by atoms with Crippen LogP contribution in [0.3, 0.4) is 0 Å². The summed E-state index contributed by atoms with van der Waals surface area (Å²) in [4.78, 5) is 24.2. The first-order valence-electron chi connectivity index (χ1n) is 9.25. The second-order valence-electron chi connectivity index (χ2n) is 6.56. The van der Waals surface area contributed by atoms with Crippen LogP contribution >= 0.6 is 0 Å². The van der Waals surface area contributed by atoms with E-state index in [-0.39, 0.29) is 24.5 Å². The lowest BCUT2D eigenvalue weighted by molar-refractivity contribution is -0.115. The Morgan fingerprint density at radius 2 is 1.81 bits per heavy atom. The first kappa shape index (κ1) is 19.1. The molecule has 0 radical (unpaired) electrons. The summed E-state index contributed by atoms with van der Waals surface area (Å²) in [6, 6.07) is 16.8. The molecule has 6 heteroatoms. The van der Waals surface area contributed by atoms with Crippen molar-refractivity contribution in [1.29, 1.82) is 0 Å². The molecule has 0 aliphatic carbocycles. The highest BCUT2D eigenvalue weighted by atomic mass is 16.5. The molecular weight excluding hydrogens is 342 g/mol. The average molecular weight is 367 g/mol. The Bertz CT molecular complexity index is 741. The van der Waals surface area contributed by atoms with Gasteiger partial charge in [-0.2, -0.15) is 0 Å². The molecule has 1 saturated heterocycles. The van der Waals surface area contributed by atoms with Gasteiger partial charge in [0.1, 0.15) is 0 Å². The number of rotatable bonds is 8. The molecule has 1 fully saturated rings. The molecule has 0 saturated carbocycles. The van der Waals surface area contributed by atoms with Crippen LogP contribution in [0.2, 0.25) is 0 Å². The Morgan fingerprint density at radius 3 is 2.52 bits per heavy atom. The summed E-state index contributed by atoms with van der Waals surface area (Å²) in [5, 5.41) is 8.81. The number of nitrogens with one attached hydrogen (secondary N) is 3. The van der Waals surface area contributed by atoms with Crippen LogP contribution in [0.25, 0.3) is 0 Å². The third-order valence-electron chi connectivity index (χ3n) is 4.40. The molecule has 3 rings (SSSR count). The molecule has 1 atom stereocenters. The summed E-state index contributed by atoms with van der Waals surface area (Å²) in [5.41, 5.74) is 2.36. The van der Waals surface area contributed by atoms with Crippen molar-refractivity contribution in [2.45, 2.75) is 25.5 Å². The Labute approximate surface area is 159 Å². The molecule has 0 bridgehead atoms. The van der Waals surface area contributed by atoms with E-state index in [0.29, 0.717) is 24.3 Å². The van der Waals surface area contributed by atoms with Crippen molar-refractivity contribution in [3.63, 3.8) is 0 Å². The smallest absolute Gasteiger partial charge is 0.251 e. The molecule has 2 aromatic rings. The van der Waals surface area contributed by atoms with E-state index in [2.05, 4.69) is 16.0 Å². The number of hydrogen-bond acceptors (Lipinski definition) is 4. The first-order chi connectivity index (χ1) is 13.2. The Morgan fingerprint density at radius 1 is 1.04 bits per heavy atom. The number of carbonyl (C=O) groups excluding carboxylic acids is 2. The molecule has 6 nitrogen and oxygen atoms in total. The quantitative estimate of drug-likeness (QED) is 0.669. The molecular formula is C21H25N3O3. The predicted octanol–water partition coefficient (Wildman–Crippen LogP) is 2.32. The van der Waals surface area contributed by atoms with Crippen LogP contribution in [0.15, 0.2) is 54.6 Å². The van der Waals surface area contributed by atoms with Crippen molar-refractivity contribution in [3.8, 4) is 0 Å². The number of anilines is 1. The van der Waals surface area contributed by atoms with Crippen molar-refractivity contribution < 1.29 is 14.3 Å². The van der Waals surface area contributed by atoms with Crippen molar-refractivity contribution in [3.05, 3.63) is 65.7 Å². The Hall–Kier alpha value is -2.70. The van der Waals surface area contributed by atoms with Gasteiger partial charge in [-0.15, -0.1) is 0 Å². The Kier molecular flexibility index (Phi) is 6.96. The van der Waals surface area contributed by atoms with Crippen LogP contribution in [0.1, 0.15) is 28.8 Å². The monoisotopic (exact) mass is 367 g/mol. The van der Waals surface area contributed by atoms with Gasteiger partial charge in [0.2, 0.25) is 5.91 Å². The number of benzene rings is 2. The zero-order valence-electron chi connectivity index (χ0n) is 15.2. The fourth-order valence-electron chi connectivity index (χ4n) is 2.94. The standard InChI is InChI=1S/C21H25N3O3/c25-20(15-22-13-16-5-2-1-3-6-16)24-18-10-8-17(9-11-18)21(26)23-14-19-7-4-12-27-19/h1-3,5-6,8-11,19,22H,4,7,12-15H2,(H,23,26)(H,24,25). The van der Waals surface area contributed by atoms with Crippen LogP contribution in [-0.2, 0) is 16.1 Å². The van der Waals surface area contributed by atoms with Gasteiger partial charge in [0, 0.05) is 30.9 Å². The van der Waals surface area contributed by atoms with Crippen molar-refractivity contribution in [2.24, 2.45) is 0 Å². The van der Waals surface area contributed by atoms with Gasteiger partial charge >= 0.3 is 0 Å². The fourth-order valence-corrected chi connectivity index (χ4v) is 2.94. The molecule has 2 amide bonds. The second-order valence-corrected chi connectivity index (χ2v) is 6.56. The Balaban J connectivity index is 1.39. The van der Waals surface area contributed by atoms with E-state index in [4.69, 9.17) is 4.74 Å². The van der Waals surface area contributed by atoms with E-state index >= 15 is 0 Å². The summed E-state index contributed by atoms with van der Waals surface area (Å²) in [7, 11) is 0. The zero-order valence-corrected chi connectivity index (χ0v) is 15.2. The van der Waals surface area contributed by atoms with E-state index in [1.54, 1.807) is 24.3 Å². The highest BCUT2D eigenvalue weighted by Crippen LogP contribution is 2.12. The molecule has 1 aliphatic rings. The SMILES string of the molecule is O=C(CNCc1ccccc1)Nc1ccc(C(=O)NCC2CCCO2)cc1. The van der Waals surface area contributed by atoms with Gasteiger partial charge in [-0.3, -0.25) is 9.59 Å². The molecule has 2 aromatic carbocycles. The van der Waals surface area contributed by atoms with Gasteiger partial charge < -0.3 is 20.7 Å². The van der Waals surface area contributed by atoms with Gasteiger partial charge in [-0.1, -0.05) is 30.3 Å². The van der Waals surface area contributed by atoms with E-state index in [0.717, 1.165) is 25.0 Å². The van der Waals surface area contributed by atoms with Gasteiger partial charge in [0.25, 0.3) is 5.91 Å². The number of carbonyl (C=O) groups is 2. The minimum atomic E-state index is -0.132. The lowest BCUT2D eigenvalue weighted by Crippen LogP contribution is -2.31. The molecule has 27 heavy (non-hydrogen) atoms. The highest BCUT2D eigenvalue weighted by molar-refractivity contribution is 5.96. The van der Waals surface area contributed by atoms with Crippen molar-refractivity contribution >= 4 is 17.5 Å². The van der Waals surface area contributed by atoms with Crippen LogP contribution < -0.4 is 16.0 Å². The highest BCUT2D eigenvalue weighted by Gasteiger charge is 2.16. The van der Waals surface area contributed by atoms with Gasteiger partial charge in [-0.25, -0.2) is 0 Å². The molecule has 1 heterocycles. The van der Waals surface area contributed by atoms with E-state index in [1.165, 1.54) is 0 Å². The van der Waals surface area contributed by atoms with Crippen LogP contribution in [0.5, 0.6) is 0 Å². The summed E-state index contributed by atoms with van der Waals surface area (Å²) < 4.78 is 5.49. The van der Waals surface area contributed by atoms with Gasteiger partial charge in [0.05, 0.1) is 12.6 Å². The van der Waals surface area contributed by atoms with Gasteiger partial charge in [0.15, 0.2) is 0 Å². The van der Waals surface area contributed by atoms with Crippen molar-refractivity contribution in [1.82, 2.24) is 10.6 Å². The largest absolute Gasteiger partial charge is 0.376 e. The summed E-state index contributed by atoms with van der Waals surface area (Å²) in [6.07, 6.45) is 2.16. The van der Waals surface area contributed by atoms with E-state index < -0.39 is 0 Å². The molecule has 3 N–H and O–H groups in total. The molecule has 1 aliphatic heterocycles.